The molecule has 0 aliphatic carbocycles. The van der Waals surface area contributed by atoms with Crippen LogP contribution in [0.2, 0.25) is 0 Å². The lowest BCUT2D eigenvalue weighted by molar-refractivity contribution is -0.664. The average Bonchev–Trinajstić information content (AvgIpc) is 3.09. The summed E-state index contributed by atoms with van der Waals surface area (Å²) in [5.41, 5.74) is 9.54. The molecule has 4 aromatic rings. The Kier molecular flexibility index (Phi) is 4.65. The fraction of sp³-hybridized carbons (Fsp3) is 0.136. The highest BCUT2D eigenvalue weighted by Gasteiger charge is 2.27. The van der Waals surface area contributed by atoms with E-state index < -0.39 is 0 Å². The van der Waals surface area contributed by atoms with Crippen molar-refractivity contribution >= 4 is 16.9 Å². The number of benzene rings is 2. The lowest BCUT2D eigenvalue weighted by atomic mass is 10.1. The Balaban J connectivity index is 2.00. The van der Waals surface area contributed by atoms with Crippen LogP contribution in [0.3, 0.4) is 0 Å². The summed E-state index contributed by atoms with van der Waals surface area (Å²) in [5.74, 6) is 1.60. The van der Waals surface area contributed by atoms with Gasteiger partial charge in [-0.3, -0.25) is 4.98 Å². The molecule has 6 nitrogen and oxygen atoms in total. The molecule has 0 unspecified atom stereocenters. The van der Waals surface area contributed by atoms with Gasteiger partial charge in [0.2, 0.25) is 17.3 Å². The fourth-order valence-corrected chi connectivity index (χ4v) is 3.31. The minimum Gasteiger partial charge on any atom is -0.478 e. The summed E-state index contributed by atoms with van der Waals surface area (Å²) in [7, 11) is 0. The van der Waals surface area contributed by atoms with Gasteiger partial charge in [0, 0.05) is 0 Å². The largest absolute Gasteiger partial charge is 0.478 e. The first-order valence-corrected chi connectivity index (χ1v) is 9.10. The van der Waals surface area contributed by atoms with Crippen LogP contribution in [-0.4, -0.2) is 16.6 Å². The number of aromatic nitrogens is 3. The summed E-state index contributed by atoms with van der Waals surface area (Å²) in [6.07, 6.45) is 0. The zero-order valence-corrected chi connectivity index (χ0v) is 15.5. The summed E-state index contributed by atoms with van der Waals surface area (Å²) >= 11 is 0. The lowest BCUT2D eigenvalue weighted by Gasteiger charge is -2.10. The minimum absolute atomic E-state index is 0.378. The molecule has 0 aliphatic rings. The van der Waals surface area contributed by atoms with Gasteiger partial charge in [-0.2, -0.15) is 5.26 Å². The highest BCUT2D eigenvalue weighted by Crippen LogP contribution is 2.31. The summed E-state index contributed by atoms with van der Waals surface area (Å²) in [6.45, 7) is 2.85. The molecule has 2 aromatic heterocycles. The highest BCUT2D eigenvalue weighted by atomic mass is 16.5. The smallest absolute Gasteiger partial charge is 0.272 e. The van der Waals surface area contributed by atoms with Gasteiger partial charge in [0.05, 0.1) is 18.7 Å². The second-order valence-corrected chi connectivity index (χ2v) is 6.36. The van der Waals surface area contributed by atoms with Crippen LogP contribution in [-0.2, 0) is 6.54 Å². The summed E-state index contributed by atoms with van der Waals surface area (Å²) < 4.78 is 7.53. The number of rotatable bonds is 5. The van der Waals surface area contributed by atoms with Crippen molar-refractivity contribution in [2.24, 2.45) is 0 Å². The molecule has 2 heterocycles. The number of nitrogens with two attached hydrogens (primary N) is 1. The molecule has 0 aliphatic heterocycles. The molecule has 0 amide bonds. The van der Waals surface area contributed by atoms with Crippen LogP contribution in [0.5, 0.6) is 5.88 Å². The number of nitriles is 1. The molecule has 0 spiro atoms. The quantitative estimate of drug-likeness (QED) is 0.527. The second kappa shape index (κ2) is 7.41. The Morgan fingerprint density at radius 3 is 2.43 bits per heavy atom. The maximum atomic E-state index is 9.68. The van der Waals surface area contributed by atoms with Gasteiger partial charge in [-0.1, -0.05) is 53.5 Å². The van der Waals surface area contributed by atoms with Crippen molar-refractivity contribution in [3.8, 4) is 23.3 Å². The van der Waals surface area contributed by atoms with Crippen LogP contribution in [0.4, 0.5) is 5.82 Å². The maximum absolute atomic E-state index is 9.68. The topological polar surface area (TPSA) is 91.6 Å². The molecule has 4 rings (SSSR count). The Morgan fingerprint density at radius 2 is 1.79 bits per heavy atom. The molecule has 0 radical (unpaired) electrons. The van der Waals surface area contributed by atoms with E-state index in [9.17, 15) is 5.26 Å². The van der Waals surface area contributed by atoms with Crippen LogP contribution in [0, 0.1) is 11.3 Å². The number of fused-ring (bicyclic) bond motifs is 1. The van der Waals surface area contributed by atoms with Crippen molar-refractivity contribution in [2.75, 3.05) is 12.3 Å². The Labute approximate surface area is 162 Å². The van der Waals surface area contributed by atoms with Crippen molar-refractivity contribution < 1.29 is 9.30 Å². The van der Waals surface area contributed by atoms with Gasteiger partial charge in [0.25, 0.3) is 5.82 Å². The molecule has 0 saturated heterocycles. The van der Waals surface area contributed by atoms with Crippen LogP contribution >= 0.6 is 0 Å². The molecule has 2 aromatic carbocycles. The van der Waals surface area contributed by atoms with Crippen molar-refractivity contribution in [2.45, 2.75) is 13.5 Å². The molecular weight excluding hydrogens is 350 g/mol. The normalized spacial score (nSPS) is 10.7. The first-order valence-electron chi connectivity index (χ1n) is 9.10. The second-order valence-electron chi connectivity index (χ2n) is 6.36. The molecule has 138 valence electrons. The number of anilines is 1. The Morgan fingerprint density at radius 1 is 1.11 bits per heavy atom. The Bertz CT molecular complexity index is 1160. The van der Waals surface area contributed by atoms with Crippen LogP contribution < -0.4 is 15.0 Å². The van der Waals surface area contributed by atoms with E-state index in [0.717, 1.165) is 17.0 Å². The van der Waals surface area contributed by atoms with Crippen molar-refractivity contribution in [1.29, 1.82) is 5.26 Å². The third-order valence-electron chi connectivity index (χ3n) is 4.58. The Hall–Kier alpha value is -3.85. The molecule has 0 atom stereocenters. The molecular formula is C22H20N5O+. The number of hydrogen-bond donors (Lipinski definition) is 2. The molecule has 0 saturated carbocycles. The predicted octanol–water partition coefficient (Wildman–Crippen LogP) is 3.42. The average molecular weight is 370 g/mol. The zero-order chi connectivity index (χ0) is 19.5. The van der Waals surface area contributed by atoms with Gasteiger partial charge in [-0.15, -0.1) is 0 Å². The first-order chi connectivity index (χ1) is 13.7. The van der Waals surface area contributed by atoms with Crippen molar-refractivity contribution in [3.05, 3.63) is 71.8 Å². The number of aromatic amines is 1. The number of hydrogen-bond acceptors (Lipinski definition) is 4. The van der Waals surface area contributed by atoms with Gasteiger partial charge in [0.15, 0.2) is 0 Å². The number of nitrogens with one attached hydrogen (secondary N) is 1. The van der Waals surface area contributed by atoms with E-state index in [1.54, 1.807) is 0 Å². The third-order valence-corrected chi connectivity index (χ3v) is 4.58. The monoisotopic (exact) mass is 370 g/mol. The standard InChI is InChI=1S/C22H19N5O/c1-2-28-22-17(13-23)18-19(24)27(14-15-9-5-3-6-10-15)21(25-20(18)26-22)16-11-7-4-8-12-16/h3-12H,2,14H2,1H3,(H2,24,26)/p+1. The first kappa shape index (κ1) is 17.6. The van der Waals surface area contributed by atoms with Gasteiger partial charge in [0.1, 0.15) is 17.0 Å². The zero-order valence-electron chi connectivity index (χ0n) is 15.5. The van der Waals surface area contributed by atoms with E-state index >= 15 is 0 Å². The van der Waals surface area contributed by atoms with Crippen molar-refractivity contribution in [3.63, 3.8) is 0 Å². The summed E-state index contributed by atoms with van der Waals surface area (Å²) in [6, 6.07) is 22.1. The summed E-state index contributed by atoms with van der Waals surface area (Å²) in [4.78, 5) is 7.92. The third kappa shape index (κ3) is 3.03. The number of H-pyrrole nitrogens is 1. The predicted molar refractivity (Wildman–Crippen MR) is 108 cm³/mol. The van der Waals surface area contributed by atoms with Gasteiger partial charge >= 0.3 is 0 Å². The van der Waals surface area contributed by atoms with Crippen LogP contribution in [0.25, 0.3) is 22.4 Å². The van der Waals surface area contributed by atoms with E-state index in [0.29, 0.717) is 41.4 Å². The lowest BCUT2D eigenvalue weighted by Crippen LogP contribution is -2.41. The number of ether oxygens (including phenoxy) is 1. The minimum atomic E-state index is 0.378. The SMILES string of the molecule is CCOc1[nH]c2nc(-c3ccccc3)[n+](Cc3ccccc3)c(N)c2c1C#N. The van der Waals surface area contributed by atoms with Crippen molar-refractivity contribution in [1.82, 2.24) is 9.97 Å². The number of nitrogen functional groups attached to an aromatic ring is 1. The van der Waals surface area contributed by atoms with E-state index in [4.69, 9.17) is 15.5 Å². The molecule has 6 heteroatoms. The molecule has 28 heavy (non-hydrogen) atoms. The summed E-state index contributed by atoms with van der Waals surface area (Å²) in [5, 5.41) is 10.3. The number of nitrogens with zero attached hydrogens (tertiary/aromatic N) is 3. The van der Waals surface area contributed by atoms with E-state index in [2.05, 4.69) is 11.1 Å². The molecule has 0 bridgehead atoms. The molecule has 3 N–H and O–H groups in total. The van der Waals surface area contributed by atoms with Gasteiger partial charge < -0.3 is 10.5 Å². The van der Waals surface area contributed by atoms with Gasteiger partial charge in [-0.25, -0.2) is 4.57 Å². The van der Waals surface area contributed by atoms with E-state index in [1.165, 1.54) is 0 Å². The van der Waals surface area contributed by atoms with E-state index in [1.807, 2.05) is 72.2 Å². The fourth-order valence-electron chi connectivity index (χ4n) is 3.31. The van der Waals surface area contributed by atoms with Crippen LogP contribution in [0.15, 0.2) is 60.7 Å². The molecule has 0 fully saturated rings. The maximum Gasteiger partial charge on any atom is 0.272 e. The van der Waals surface area contributed by atoms with Crippen LogP contribution in [0.1, 0.15) is 18.1 Å². The highest BCUT2D eigenvalue weighted by molar-refractivity contribution is 5.93. The van der Waals surface area contributed by atoms with Gasteiger partial charge in [-0.05, 0) is 24.6 Å². The van der Waals surface area contributed by atoms with E-state index in [-0.39, 0.29) is 0 Å².